The number of non-ortho nitro benzene ring substituents is 1. The van der Waals surface area contributed by atoms with E-state index >= 15 is 0 Å². The quantitative estimate of drug-likeness (QED) is 0.498. The molecule has 0 saturated carbocycles. The number of nitrogens with zero attached hydrogens (tertiary/aromatic N) is 2. The number of hydrogen-bond acceptors (Lipinski definition) is 4. The molecule has 0 saturated heterocycles. The molecule has 0 fully saturated rings. The van der Waals surface area contributed by atoms with Gasteiger partial charge in [0, 0.05) is 31.1 Å². The van der Waals surface area contributed by atoms with Gasteiger partial charge in [-0.25, -0.2) is 0 Å². The number of nitrogens with one attached hydrogen (secondary N) is 1. The third-order valence-corrected chi connectivity index (χ3v) is 3.00. The zero-order valence-corrected chi connectivity index (χ0v) is 11.4. The first kappa shape index (κ1) is 14.1. The molecule has 0 amide bonds. The molecule has 0 aliphatic heterocycles. The highest BCUT2D eigenvalue weighted by Crippen LogP contribution is 2.12. The van der Waals surface area contributed by atoms with E-state index in [1.54, 1.807) is 24.3 Å². The highest BCUT2D eigenvalue weighted by molar-refractivity contribution is 5.32. The third kappa shape index (κ3) is 4.13. The maximum absolute atomic E-state index is 10.5. The smallest absolute Gasteiger partial charge is 0.269 e. The Hall–Kier alpha value is -2.27. The van der Waals surface area contributed by atoms with E-state index in [1.165, 1.54) is 0 Å². The Labute approximate surface area is 117 Å². The Morgan fingerprint density at radius 1 is 1.20 bits per heavy atom. The van der Waals surface area contributed by atoms with E-state index in [0.717, 1.165) is 36.2 Å². The van der Waals surface area contributed by atoms with E-state index in [0.29, 0.717) is 0 Å². The molecule has 20 heavy (non-hydrogen) atoms. The minimum absolute atomic E-state index is 0.132. The standard InChI is InChI=1S/C15H17N3O2/c1-12-8-14(11-17-9-12)10-16-7-6-13-2-4-15(5-3-13)18(19)20/h2-5,8-9,11,16H,6-7,10H2,1H3. The summed E-state index contributed by atoms with van der Waals surface area (Å²) in [6.07, 6.45) is 4.53. The minimum atomic E-state index is -0.382. The normalized spacial score (nSPS) is 10.4. The maximum atomic E-state index is 10.5. The Bertz CT molecular complexity index is 582. The maximum Gasteiger partial charge on any atom is 0.269 e. The van der Waals surface area contributed by atoms with Crippen molar-refractivity contribution in [2.75, 3.05) is 6.54 Å². The van der Waals surface area contributed by atoms with Gasteiger partial charge >= 0.3 is 0 Å². The highest BCUT2D eigenvalue weighted by Gasteiger charge is 2.03. The first-order valence-electron chi connectivity index (χ1n) is 6.50. The first-order chi connectivity index (χ1) is 9.65. The summed E-state index contributed by atoms with van der Waals surface area (Å²) < 4.78 is 0. The van der Waals surface area contributed by atoms with Crippen LogP contribution in [0.1, 0.15) is 16.7 Å². The van der Waals surface area contributed by atoms with Gasteiger partial charge in [-0.05, 0) is 36.6 Å². The van der Waals surface area contributed by atoms with E-state index in [4.69, 9.17) is 0 Å². The van der Waals surface area contributed by atoms with Gasteiger partial charge in [-0.15, -0.1) is 0 Å². The van der Waals surface area contributed by atoms with Gasteiger partial charge in [0.15, 0.2) is 0 Å². The average molecular weight is 271 g/mol. The summed E-state index contributed by atoms with van der Waals surface area (Å²) in [6.45, 7) is 3.63. The van der Waals surface area contributed by atoms with Gasteiger partial charge in [-0.3, -0.25) is 15.1 Å². The molecule has 0 aliphatic carbocycles. The fraction of sp³-hybridized carbons (Fsp3) is 0.267. The highest BCUT2D eigenvalue weighted by atomic mass is 16.6. The second-order valence-corrected chi connectivity index (χ2v) is 4.72. The summed E-state index contributed by atoms with van der Waals surface area (Å²) in [4.78, 5) is 14.3. The van der Waals surface area contributed by atoms with Gasteiger partial charge in [-0.2, -0.15) is 0 Å². The molecule has 5 nitrogen and oxygen atoms in total. The van der Waals surface area contributed by atoms with Crippen LogP contribution in [-0.4, -0.2) is 16.5 Å². The van der Waals surface area contributed by atoms with Crippen LogP contribution in [-0.2, 0) is 13.0 Å². The van der Waals surface area contributed by atoms with Crippen LogP contribution in [0.3, 0.4) is 0 Å². The Balaban J connectivity index is 1.77. The number of nitro groups is 1. The fourth-order valence-corrected chi connectivity index (χ4v) is 1.96. The average Bonchev–Trinajstić information content (AvgIpc) is 2.44. The molecular weight excluding hydrogens is 254 g/mol. The summed E-state index contributed by atoms with van der Waals surface area (Å²) >= 11 is 0. The molecular formula is C15H17N3O2. The topological polar surface area (TPSA) is 68.1 Å². The van der Waals surface area contributed by atoms with Gasteiger partial charge in [0.25, 0.3) is 5.69 Å². The van der Waals surface area contributed by atoms with Crippen molar-refractivity contribution >= 4 is 5.69 Å². The fourth-order valence-electron chi connectivity index (χ4n) is 1.96. The number of aromatic nitrogens is 1. The summed E-state index contributed by atoms with van der Waals surface area (Å²) in [5.41, 5.74) is 3.53. The molecule has 104 valence electrons. The molecule has 0 aliphatic rings. The number of hydrogen-bond donors (Lipinski definition) is 1. The second-order valence-electron chi connectivity index (χ2n) is 4.72. The van der Waals surface area contributed by atoms with Gasteiger partial charge in [-0.1, -0.05) is 18.2 Å². The molecule has 2 aromatic rings. The number of pyridine rings is 1. The van der Waals surface area contributed by atoms with E-state index in [9.17, 15) is 10.1 Å². The third-order valence-electron chi connectivity index (χ3n) is 3.00. The van der Waals surface area contributed by atoms with E-state index in [2.05, 4.69) is 16.4 Å². The van der Waals surface area contributed by atoms with Crippen molar-refractivity contribution in [3.8, 4) is 0 Å². The van der Waals surface area contributed by atoms with Crippen LogP contribution < -0.4 is 5.32 Å². The van der Waals surface area contributed by atoms with Crippen molar-refractivity contribution in [2.45, 2.75) is 19.9 Å². The Kier molecular flexibility index (Phi) is 4.79. The predicted octanol–water partition coefficient (Wildman–Crippen LogP) is 2.63. The largest absolute Gasteiger partial charge is 0.312 e. The van der Waals surface area contributed by atoms with Crippen LogP contribution in [0.2, 0.25) is 0 Å². The molecule has 5 heteroatoms. The van der Waals surface area contributed by atoms with Crippen molar-refractivity contribution in [3.63, 3.8) is 0 Å². The van der Waals surface area contributed by atoms with Crippen LogP contribution in [0.4, 0.5) is 5.69 Å². The van der Waals surface area contributed by atoms with Crippen LogP contribution in [0, 0.1) is 17.0 Å². The zero-order chi connectivity index (χ0) is 14.4. The van der Waals surface area contributed by atoms with Crippen LogP contribution in [0.25, 0.3) is 0 Å². The van der Waals surface area contributed by atoms with Crippen molar-refractivity contribution < 1.29 is 4.92 Å². The lowest BCUT2D eigenvalue weighted by Crippen LogP contribution is -2.16. The van der Waals surface area contributed by atoms with Gasteiger partial charge < -0.3 is 5.32 Å². The van der Waals surface area contributed by atoms with E-state index < -0.39 is 0 Å². The number of aryl methyl sites for hydroxylation is 1. The minimum Gasteiger partial charge on any atom is -0.312 e. The molecule has 2 rings (SSSR count). The lowest BCUT2D eigenvalue weighted by molar-refractivity contribution is -0.384. The number of rotatable bonds is 6. The van der Waals surface area contributed by atoms with Crippen molar-refractivity contribution in [3.05, 3.63) is 69.5 Å². The lowest BCUT2D eigenvalue weighted by Gasteiger charge is -2.05. The summed E-state index contributed by atoms with van der Waals surface area (Å²) in [5.74, 6) is 0. The Morgan fingerprint density at radius 3 is 2.60 bits per heavy atom. The van der Waals surface area contributed by atoms with Crippen molar-refractivity contribution in [1.29, 1.82) is 0 Å². The first-order valence-corrected chi connectivity index (χ1v) is 6.50. The van der Waals surface area contributed by atoms with Crippen LogP contribution in [0.15, 0.2) is 42.7 Å². The number of benzene rings is 1. The summed E-state index contributed by atoms with van der Waals surface area (Å²) in [7, 11) is 0. The molecule has 1 aromatic carbocycles. The van der Waals surface area contributed by atoms with Crippen LogP contribution >= 0.6 is 0 Å². The van der Waals surface area contributed by atoms with Crippen molar-refractivity contribution in [2.24, 2.45) is 0 Å². The molecule has 0 atom stereocenters. The van der Waals surface area contributed by atoms with Crippen LogP contribution in [0.5, 0.6) is 0 Å². The summed E-state index contributed by atoms with van der Waals surface area (Å²) in [6, 6.07) is 8.79. The van der Waals surface area contributed by atoms with E-state index in [1.807, 2.05) is 19.3 Å². The lowest BCUT2D eigenvalue weighted by atomic mass is 10.1. The molecule has 0 bridgehead atoms. The molecule has 0 spiro atoms. The molecule has 0 unspecified atom stereocenters. The molecule has 1 aromatic heterocycles. The zero-order valence-electron chi connectivity index (χ0n) is 11.4. The predicted molar refractivity (Wildman–Crippen MR) is 77.5 cm³/mol. The van der Waals surface area contributed by atoms with Gasteiger partial charge in [0.1, 0.15) is 0 Å². The van der Waals surface area contributed by atoms with E-state index in [-0.39, 0.29) is 10.6 Å². The van der Waals surface area contributed by atoms with Gasteiger partial charge in [0.05, 0.1) is 4.92 Å². The Morgan fingerprint density at radius 2 is 1.95 bits per heavy atom. The summed E-state index contributed by atoms with van der Waals surface area (Å²) in [5, 5.41) is 13.9. The monoisotopic (exact) mass is 271 g/mol. The number of nitro benzene ring substituents is 1. The second kappa shape index (κ2) is 6.77. The molecule has 1 heterocycles. The molecule has 1 N–H and O–H groups in total. The SMILES string of the molecule is Cc1cncc(CNCCc2ccc([N+](=O)[O-])cc2)c1. The van der Waals surface area contributed by atoms with Gasteiger partial charge in [0.2, 0.25) is 0 Å². The van der Waals surface area contributed by atoms with Crippen molar-refractivity contribution in [1.82, 2.24) is 10.3 Å². The molecule has 0 radical (unpaired) electrons.